The zero-order valence-electron chi connectivity index (χ0n) is 16.3. The molecule has 0 spiro atoms. The van der Waals surface area contributed by atoms with E-state index in [-0.39, 0.29) is 6.09 Å². The topological polar surface area (TPSA) is 61.8 Å². The van der Waals surface area contributed by atoms with Gasteiger partial charge < -0.3 is 14.5 Å². The first kappa shape index (κ1) is 18.9. The number of hydrogen-bond acceptors (Lipinski definition) is 6. The molecule has 3 rings (SSSR count). The smallest absolute Gasteiger partial charge is 0.409 e. The second-order valence-electron chi connectivity index (χ2n) is 7.06. The number of rotatable bonds is 4. The van der Waals surface area contributed by atoms with E-state index < -0.39 is 0 Å². The van der Waals surface area contributed by atoms with Crippen LogP contribution < -0.4 is 4.90 Å². The summed E-state index contributed by atoms with van der Waals surface area (Å²) in [7, 11) is 0. The third kappa shape index (κ3) is 4.44. The van der Waals surface area contributed by atoms with Gasteiger partial charge in [0.2, 0.25) is 0 Å². The van der Waals surface area contributed by atoms with E-state index >= 15 is 0 Å². The van der Waals surface area contributed by atoms with Gasteiger partial charge in [-0.15, -0.1) is 0 Å². The molecule has 1 amide bonds. The number of piperidine rings is 1. The van der Waals surface area contributed by atoms with Crippen LogP contribution in [0.5, 0.6) is 0 Å². The fourth-order valence-corrected chi connectivity index (χ4v) is 3.90. The zero-order chi connectivity index (χ0) is 18.5. The zero-order valence-corrected chi connectivity index (χ0v) is 16.3. The number of nitrogens with zero attached hydrogens (tertiary/aromatic N) is 5. The molecule has 0 atom stereocenters. The lowest BCUT2D eigenvalue weighted by Crippen LogP contribution is -2.54. The van der Waals surface area contributed by atoms with Gasteiger partial charge in [0, 0.05) is 57.1 Å². The van der Waals surface area contributed by atoms with Crippen molar-refractivity contribution in [1.29, 1.82) is 0 Å². The summed E-state index contributed by atoms with van der Waals surface area (Å²) in [4.78, 5) is 27.7. The standard InChI is InChI=1S/C19H31N5O2/c1-4-16-14-18(21-15(3)20-16)23-8-6-17(7-9-23)22-10-12-24(13-11-22)19(25)26-5-2/h14,17H,4-13H2,1-3H3. The number of aryl methyl sites for hydroxylation is 2. The van der Waals surface area contributed by atoms with Gasteiger partial charge in [-0.1, -0.05) is 6.92 Å². The summed E-state index contributed by atoms with van der Waals surface area (Å²) in [6.45, 7) is 11.9. The molecule has 0 aliphatic carbocycles. The molecular weight excluding hydrogens is 330 g/mol. The van der Waals surface area contributed by atoms with Gasteiger partial charge in [0.1, 0.15) is 11.6 Å². The quantitative estimate of drug-likeness (QED) is 0.818. The molecule has 0 unspecified atom stereocenters. The molecule has 7 heteroatoms. The first-order valence-corrected chi connectivity index (χ1v) is 9.86. The Morgan fingerprint density at radius 1 is 1.12 bits per heavy atom. The summed E-state index contributed by atoms with van der Waals surface area (Å²) in [6.07, 6.45) is 3.05. The number of piperazine rings is 1. The fourth-order valence-electron chi connectivity index (χ4n) is 3.90. The van der Waals surface area contributed by atoms with Crippen molar-refractivity contribution in [2.75, 3.05) is 50.8 Å². The number of anilines is 1. The van der Waals surface area contributed by atoms with E-state index in [0.717, 1.165) is 75.9 Å². The summed E-state index contributed by atoms with van der Waals surface area (Å²) in [5.41, 5.74) is 1.12. The third-order valence-corrected chi connectivity index (χ3v) is 5.38. The van der Waals surface area contributed by atoms with Crippen molar-refractivity contribution < 1.29 is 9.53 Å². The largest absolute Gasteiger partial charge is 0.450 e. The van der Waals surface area contributed by atoms with Gasteiger partial charge >= 0.3 is 6.09 Å². The minimum atomic E-state index is -0.173. The van der Waals surface area contributed by atoms with Crippen LogP contribution in [-0.2, 0) is 11.2 Å². The van der Waals surface area contributed by atoms with Crippen LogP contribution >= 0.6 is 0 Å². The molecule has 2 aliphatic heterocycles. The summed E-state index contributed by atoms with van der Waals surface area (Å²) in [5, 5.41) is 0. The number of aromatic nitrogens is 2. The molecule has 144 valence electrons. The molecule has 0 aromatic carbocycles. The van der Waals surface area contributed by atoms with Gasteiger partial charge in [0.05, 0.1) is 6.61 Å². The molecule has 7 nitrogen and oxygen atoms in total. The maximum atomic E-state index is 11.8. The van der Waals surface area contributed by atoms with Gasteiger partial charge in [0.25, 0.3) is 0 Å². The summed E-state index contributed by atoms with van der Waals surface area (Å²) >= 11 is 0. The maximum absolute atomic E-state index is 11.8. The Kier molecular flexibility index (Phi) is 6.29. The van der Waals surface area contributed by atoms with Crippen LogP contribution in [-0.4, -0.2) is 77.8 Å². The van der Waals surface area contributed by atoms with Gasteiger partial charge in [-0.05, 0) is 33.1 Å². The lowest BCUT2D eigenvalue weighted by molar-refractivity contribution is 0.0610. The lowest BCUT2D eigenvalue weighted by Gasteiger charge is -2.42. The summed E-state index contributed by atoms with van der Waals surface area (Å²) in [5.74, 6) is 1.93. The molecule has 1 aromatic rings. The predicted molar refractivity (Wildman–Crippen MR) is 102 cm³/mol. The predicted octanol–water partition coefficient (Wildman–Crippen LogP) is 2.09. The molecule has 0 N–H and O–H groups in total. The highest BCUT2D eigenvalue weighted by molar-refractivity contribution is 5.67. The molecule has 0 bridgehead atoms. The normalized spacial score (nSPS) is 19.7. The Balaban J connectivity index is 1.50. The first-order chi connectivity index (χ1) is 12.6. The van der Waals surface area contributed by atoms with Crippen molar-refractivity contribution in [3.05, 3.63) is 17.6 Å². The second kappa shape index (κ2) is 8.66. The molecule has 2 fully saturated rings. The highest BCUT2D eigenvalue weighted by atomic mass is 16.6. The van der Waals surface area contributed by atoms with Crippen LogP contribution in [0.15, 0.2) is 6.07 Å². The Morgan fingerprint density at radius 2 is 1.81 bits per heavy atom. The van der Waals surface area contributed by atoms with Crippen LogP contribution in [0.1, 0.15) is 38.2 Å². The van der Waals surface area contributed by atoms with Crippen molar-refractivity contribution in [2.45, 2.75) is 46.1 Å². The molecule has 2 aliphatic rings. The maximum Gasteiger partial charge on any atom is 0.409 e. The van der Waals surface area contributed by atoms with Crippen LogP contribution in [0.2, 0.25) is 0 Å². The Bertz CT molecular complexity index is 608. The van der Waals surface area contributed by atoms with Crippen molar-refractivity contribution in [1.82, 2.24) is 19.8 Å². The average molecular weight is 361 g/mol. The molecular formula is C19H31N5O2. The van der Waals surface area contributed by atoms with Gasteiger partial charge in [-0.3, -0.25) is 4.90 Å². The number of ether oxygens (including phenoxy) is 1. The summed E-state index contributed by atoms with van der Waals surface area (Å²) in [6, 6.07) is 2.73. The van der Waals surface area contributed by atoms with Crippen molar-refractivity contribution in [3.63, 3.8) is 0 Å². The Labute approximate surface area is 156 Å². The first-order valence-electron chi connectivity index (χ1n) is 9.86. The van der Waals surface area contributed by atoms with E-state index in [9.17, 15) is 4.79 Å². The molecule has 2 saturated heterocycles. The van der Waals surface area contributed by atoms with E-state index in [0.29, 0.717) is 12.6 Å². The van der Waals surface area contributed by atoms with E-state index in [1.165, 1.54) is 0 Å². The average Bonchev–Trinajstić information content (AvgIpc) is 2.68. The van der Waals surface area contributed by atoms with Gasteiger partial charge in [-0.2, -0.15) is 0 Å². The van der Waals surface area contributed by atoms with Crippen LogP contribution in [0.4, 0.5) is 10.6 Å². The minimum absolute atomic E-state index is 0.173. The Hall–Kier alpha value is -1.89. The lowest BCUT2D eigenvalue weighted by atomic mass is 10.0. The number of hydrogen-bond donors (Lipinski definition) is 0. The highest BCUT2D eigenvalue weighted by Crippen LogP contribution is 2.23. The SMILES string of the molecule is CCOC(=O)N1CCN(C2CCN(c3cc(CC)nc(C)n3)CC2)CC1. The van der Waals surface area contributed by atoms with E-state index in [1.54, 1.807) is 0 Å². The van der Waals surface area contributed by atoms with Crippen LogP contribution in [0.3, 0.4) is 0 Å². The molecule has 1 aromatic heterocycles. The Morgan fingerprint density at radius 3 is 2.42 bits per heavy atom. The highest BCUT2D eigenvalue weighted by Gasteiger charge is 2.29. The third-order valence-electron chi connectivity index (χ3n) is 5.38. The number of amides is 1. The van der Waals surface area contributed by atoms with E-state index in [4.69, 9.17) is 4.74 Å². The second-order valence-corrected chi connectivity index (χ2v) is 7.06. The minimum Gasteiger partial charge on any atom is -0.450 e. The monoisotopic (exact) mass is 361 g/mol. The fraction of sp³-hybridized carbons (Fsp3) is 0.737. The molecule has 0 radical (unpaired) electrons. The molecule has 26 heavy (non-hydrogen) atoms. The molecule has 0 saturated carbocycles. The van der Waals surface area contributed by atoms with Gasteiger partial charge in [-0.25, -0.2) is 14.8 Å². The van der Waals surface area contributed by atoms with Crippen LogP contribution in [0, 0.1) is 6.92 Å². The number of carbonyl (C=O) groups is 1. The van der Waals surface area contributed by atoms with E-state index in [1.807, 2.05) is 18.7 Å². The van der Waals surface area contributed by atoms with E-state index in [2.05, 4.69) is 32.8 Å². The van der Waals surface area contributed by atoms with Crippen molar-refractivity contribution >= 4 is 11.9 Å². The van der Waals surface area contributed by atoms with Crippen molar-refractivity contribution in [2.24, 2.45) is 0 Å². The van der Waals surface area contributed by atoms with Gasteiger partial charge in [0.15, 0.2) is 0 Å². The number of carbonyl (C=O) groups excluding carboxylic acids is 1. The van der Waals surface area contributed by atoms with Crippen LogP contribution in [0.25, 0.3) is 0 Å². The molecule has 3 heterocycles. The van der Waals surface area contributed by atoms with Crippen molar-refractivity contribution in [3.8, 4) is 0 Å². The summed E-state index contributed by atoms with van der Waals surface area (Å²) < 4.78 is 5.10.